The van der Waals surface area contributed by atoms with Crippen molar-refractivity contribution in [2.75, 3.05) is 36.7 Å². The van der Waals surface area contributed by atoms with E-state index < -0.39 is 0 Å². The van der Waals surface area contributed by atoms with Crippen molar-refractivity contribution < 1.29 is 9.63 Å². The number of carbonyl (C=O) groups is 1. The zero-order chi connectivity index (χ0) is 23.8. The van der Waals surface area contributed by atoms with Gasteiger partial charge in [0, 0.05) is 49.7 Å². The molecule has 34 heavy (non-hydrogen) atoms. The predicted molar refractivity (Wildman–Crippen MR) is 130 cm³/mol. The van der Waals surface area contributed by atoms with E-state index >= 15 is 0 Å². The van der Waals surface area contributed by atoms with Gasteiger partial charge in [-0.1, -0.05) is 12.1 Å². The Bertz CT molecular complexity index is 1370. The number of fused-ring (bicyclic) bond motifs is 1. The molecule has 0 bridgehead atoms. The van der Waals surface area contributed by atoms with Gasteiger partial charge in [-0.2, -0.15) is 10.0 Å². The standard InChI is InChI=1S/C24H26N8O2/c1-15-20(12-18(13-26-15)17-7-8-22-28-23(25)29-31(22)14-17)27-24(33)32-21(9-10-34-32)16-5-4-6-19(11-16)30(2)3/h4-8,11-14,21H,9-10H2,1-3H3,(H2,25,29)(H,27,33)/t21-/m0/s1. The van der Waals surface area contributed by atoms with E-state index in [0.717, 1.165) is 28.8 Å². The first-order valence-corrected chi connectivity index (χ1v) is 11.0. The van der Waals surface area contributed by atoms with E-state index in [-0.39, 0.29) is 18.0 Å². The first-order valence-electron chi connectivity index (χ1n) is 11.0. The second-order valence-electron chi connectivity index (χ2n) is 8.43. The van der Waals surface area contributed by atoms with Crippen LogP contribution in [-0.4, -0.2) is 51.4 Å². The first kappa shape index (κ1) is 21.7. The van der Waals surface area contributed by atoms with Crippen LogP contribution in [0.4, 0.5) is 22.1 Å². The van der Waals surface area contributed by atoms with Crippen LogP contribution in [0.3, 0.4) is 0 Å². The zero-order valence-corrected chi connectivity index (χ0v) is 19.3. The quantitative estimate of drug-likeness (QED) is 0.480. The second-order valence-corrected chi connectivity index (χ2v) is 8.43. The van der Waals surface area contributed by atoms with Crippen molar-refractivity contribution in [1.82, 2.24) is 24.6 Å². The Kier molecular flexibility index (Phi) is 5.50. The Morgan fingerprint density at radius 1 is 1.21 bits per heavy atom. The summed E-state index contributed by atoms with van der Waals surface area (Å²) in [6.45, 7) is 2.33. The minimum Gasteiger partial charge on any atom is -0.378 e. The zero-order valence-electron chi connectivity index (χ0n) is 19.3. The Morgan fingerprint density at radius 3 is 2.88 bits per heavy atom. The van der Waals surface area contributed by atoms with Gasteiger partial charge in [0.15, 0.2) is 5.65 Å². The van der Waals surface area contributed by atoms with Gasteiger partial charge in [-0.3, -0.25) is 9.82 Å². The number of benzene rings is 1. The average molecular weight is 459 g/mol. The van der Waals surface area contributed by atoms with Crippen molar-refractivity contribution in [2.24, 2.45) is 0 Å². The average Bonchev–Trinajstić information content (AvgIpc) is 3.46. The molecule has 0 unspecified atom stereocenters. The van der Waals surface area contributed by atoms with Crippen LogP contribution in [0.2, 0.25) is 0 Å². The number of hydroxylamine groups is 2. The van der Waals surface area contributed by atoms with Crippen LogP contribution >= 0.6 is 0 Å². The topological polar surface area (TPSA) is 114 Å². The summed E-state index contributed by atoms with van der Waals surface area (Å²) < 4.78 is 1.62. The lowest BCUT2D eigenvalue weighted by molar-refractivity contribution is -0.0829. The van der Waals surface area contributed by atoms with E-state index in [2.05, 4.69) is 26.4 Å². The second kappa shape index (κ2) is 8.64. The Morgan fingerprint density at radius 2 is 2.06 bits per heavy atom. The van der Waals surface area contributed by atoms with Crippen molar-refractivity contribution in [1.29, 1.82) is 0 Å². The summed E-state index contributed by atoms with van der Waals surface area (Å²) in [7, 11) is 3.99. The normalized spacial score (nSPS) is 15.6. The number of nitrogens with two attached hydrogens (primary N) is 1. The molecule has 10 heteroatoms. The molecule has 4 heterocycles. The van der Waals surface area contributed by atoms with Gasteiger partial charge in [0.05, 0.1) is 24.0 Å². The van der Waals surface area contributed by atoms with E-state index in [0.29, 0.717) is 23.6 Å². The van der Waals surface area contributed by atoms with Gasteiger partial charge in [-0.15, -0.1) is 5.10 Å². The van der Waals surface area contributed by atoms with Gasteiger partial charge >= 0.3 is 6.03 Å². The number of nitrogens with zero attached hydrogens (tertiary/aromatic N) is 6. The number of hydrogen-bond donors (Lipinski definition) is 2. The fraction of sp³-hybridized carbons (Fsp3) is 0.250. The first-order chi connectivity index (χ1) is 16.4. The van der Waals surface area contributed by atoms with Crippen molar-refractivity contribution in [3.05, 3.63) is 66.1 Å². The minimum atomic E-state index is -0.334. The number of aromatic nitrogens is 4. The molecule has 4 aromatic rings. The molecule has 1 atom stereocenters. The molecule has 5 rings (SSSR count). The van der Waals surface area contributed by atoms with Crippen molar-refractivity contribution >= 4 is 29.0 Å². The lowest BCUT2D eigenvalue weighted by Crippen LogP contribution is -2.33. The Balaban J connectivity index is 1.39. The number of amides is 2. The highest BCUT2D eigenvalue weighted by atomic mass is 16.7. The maximum atomic E-state index is 13.2. The van der Waals surface area contributed by atoms with Crippen LogP contribution in [0.15, 0.2) is 54.9 Å². The van der Waals surface area contributed by atoms with Gasteiger partial charge in [-0.25, -0.2) is 9.31 Å². The van der Waals surface area contributed by atoms with Crippen molar-refractivity contribution in [2.45, 2.75) is 19.4 Å². The highest BCUT2D eigenvalue weighted by Gasteiger charge is 2.32. The van der Waals surface area contributed by atoms with Gasteiger partial charge in [0.1, 0.15) is 0 Å². The third kappa shape index (κ3) is 4.11. The van der Waals surface area contributed by atoms with Gasteiger partial charge < -0.3 is 16.0 Å². The van der Waals surface area contributed by atoms with Crippen molar-refractivity contribution in [3.8, 4) is 11.1 Å². The summed E-state index contributed by atoms with van der Waals surface area (Å²) >= 11 is 0. The molecule has 3 N–H and O–H groups in total. The van der Waals surface area contributed by atoms with Crippen molar-refractivity contribution in [3.63, 3.8) is 0 Å². The molecular weight excluding hydrogens is 432 g/mol. The van der Waals surface area contributed by atoms with E-state index in [9.17, 15) is 4.79 Å². The summed E-state index contributed by atoms with van der Waals surface area (Å²) in [5, 5.41) is 8.56. The molecule has 1 aliphatic rings. The maximum absolute atomic E-state index is 13.2. The number of rotatable bonds is 4. The number of urea groups is 1. The highest BCUT2D eigenvalue weighted by Crippen LogP contribution is 2.33. The lowest BCUT2D eigenvalue weighted by Gasteiger charge is -2.24. The molecule has 2 amide bonds. The number of nitrogens with one attached hydrogen (secondary N) is 1. The molecule has 0 aliphatic carbocycles. The molecule has 0 radical (unpaired) electrons. The van der Waals surface area contributed by atoms with E-state index in [1.165, 1.54) is 5.06 Å². The minimum absolute atomic E-state index is 0.170. The Labute approximate surface area is 196 Å². The summed E-state index contributed by atoms with van der Waals surface area (Å²) in [5.41, 5.74) is 11.5. The Hall–Kier alpha value is -4.18. The van der Waals surface area contributed by atoms with Crippen LogP contribution in [-0.2, 0) is 4.84 Å². The van der Waals surface area contributed by atoms with Crippen LogP contribution in [0.1, 0.15) is 23.7 Å². The molecule has 0 spiro atoms. The monoisotopic (exact) mass is 458 g/mol. The fourth-order valence-electron chi connectivity index (χ4n) is 4.04. The third-order valence-corrected chi connectivity index (χ3v) is 5.89. The molecule has 1 aliphatic heterocycles. The predicted octanol–water partition coefficient (Wildman–Crippen LogP) is 3.66. The van der Waals surface area contributed by atoms with Crippen LogP contribution in [0, 0.1) is 6.92 Å². The van der Waals surface area contributed by atoms with Crippen LogP contribution in [0.5, 0.6) is 0 Å². The van der Waals surface area contributed by atoms with E-state index in [4.69, 9.17) is 10.6 Å². The number of aryl methyl sites for hydroxylation is 1. The highest BCUT2D eigenvalue weighted by molar-refractivity contribution is 5.90. The van der Waals surface area contributed by atoms with E-state index in [1.54, 1.807) is 10.7 Å². The van der Waals surface area contributed by atoms with Gasteiger partial charge in [0.25, 0.3) is 0 Å². The summed E-state index contributed by atoms with van der Waals surface area (Å²) in [6, 6.07) is 13.3. The lowest BCUT2D eigenvalue weighted by atomic mass is 10.0. The summed E-state index contributed by atoms with van der Waals surface area (Å²) in [4.78, 5) is 29.6. The fourth-order valence-corrected chi connectivity index (χ4v) is 4.04. The number of nitrogen functional groups attached to an aromatic ring is 1. The maximum Gasteiger partial charge on any atom is 0.346 e. The van der Waals surface area contributed by atoms with E-state index in [1.807, 2.05) is 68.5 Å². The number of hydrogen-bond acceptors (Lipinski definition) is 7. The smallest absolute Gasteiger partial charge is 0.346 e. The molecular formula is C24H26N8O2. The third-order valence-electron chi connectivity index (χ3n) is 5.89. The van der Waals surface area contributed by atoms with Crippen LogP contribution < -0.4 is 16.0 Å². The molecule has 3 aromatic heterocycles. The molecule has 174 valence electrons. The summed E-state index contributed by atoms with van der Waals surface area (Å²) in [6.07, 6.45) is 4.31. The molecule has 1 fully saturated rings. The molecule has 0 saturated carbocycles. The van der Waals surface area contributed by atoms with Crippen LogP contribution in [0.25, 0.3) is 16.8 Å². The largest absolute Gasteiger partial charge is 0.378 e. The SMILES string of the molecule is Cc1ncc(-c2ccc3nc(N)nn3c2)cc1NC(=O)N1OCC[C@H]1c1cccc(N(C)C)c1. The number of pyridine rings is 2. The molecule has 1 aromatic carbocycles. The molecule has 10 nitrogen and oxygen atoms in total. The number of anilines is 3. The number of carbonyl (C=O) groups excluding carboxylic acids is 1. The molecule has 1 saturated heterocycles. The summed E-state index contributed by atoms with van der Waals surface area (Å²) in [5.74, 6) is 0.211. The van der Waals surface area contributed by atoms with Gasteiger partial charge in [0.2, 0.25) is 5.95 Å². The van der Waals surface area contributed by atoms with Gasteiger partial charge in [-0.05, 0) is 42.8 Å².